The standard InChI is InChI=1S/C9H14BrN3/c10-9-12-6-7-13(9)8-2-1-4-11-5-3-8/h6-8,11H,1-5H2. The van der Waals surface area contributed by atoms with Crippen LogP contribution in [0.15, 0.2) is 17.1 Å². The third kappa shape index (κ3) is 2.11. The van der Waals surface area contributed by atoms with Gasteiger partial charge in [-0.3, -0.25) is 0 Å². The Bertz CT molecular complexity index is 264. The molecule has 3 nitrogen and oxygen atoms in total. The number of rotatable bonds is 1. The molecule has 4 heteroatoms. The molecule has 1 saturated heterocycles. The summed E-state index contributed by atoms with van der Waals surface area (Å²) >= 11 is 3.46. The predicted octanol–water partition coefficient (Wildman–Crippen LogP) is 1.96. The molecule has 1 atom stereocenters. The Morgan fingerprint density at radius 1 is 1.46 bits per heavy atom. The molecule has 0 bridgehead atoms. The first kappa shape index (κ1) is 9.21. The lowest BCUT2D eigenvalue weighted by atomic mass is 10.1. The second kappa shape index (κ2) is 4.24. The number of hydrogen-bond donors (Lipinski definition) is 1. The van der Waals surface area contributed by atoms with Gasteiger partial charge in [-0.1, -0.05) is 0 Å². The van der Waals surface area contributed by atoms with Crippen molar-refractivity contribution in [3.63, 3.8) is 0 Å². The zero-order valence-corrected chi connectivity index (χ0v) is 9.13. The molecule has 72 valence electrons. The molecule has 2 rings (SSSR count). The van der Waals surface area contributed by atoms with E-state index < -0.39 is 0 Å². The summed E-state index contributed by atoms with van der Waals surface area (Å²) in [4.78, 5) is 4.18. The van der Waals surface area contributed by atoms with Crippen molar-refractivity contribution in [2.75, 3.05) is 13.1 Å². The van der Waals surface area contributed by atoms with Crippen LogP contribution < -0.4 is 5.32 Å². The van der Waals surface area contributed by atoms with Gasteiger partial charge in [0, 0.05) is 18.4 Å². The smallest absolute Gasteiger partial charge is 0.177 e. The minimum Gasteiger partial charge on any atom is -0.323 e. The summed E-state index contributed by atoms with van der Waals surface area (Å²) in [6, 6.07) is 0.617. The largest absolute Gasteiger partial charge is 0.323 e. The lowest BCUT2D eigenvalue weighted by molar-refractivity contribution is 0.446. The summed E-state index contributed by atoms with van der Waals surface area (Å²) in [6.45, 7) is 2.28. The van der Waals surface area contributed by atoms with Crippen LogP contribution in [-0.4, -0.2) is 22.6 Å². The first-order chi connectivity index (χ1) is 6.38. The van der Waals surface area contributed by atoms with E-state index in [1.807, 2.05) is 6.20 Å². The van der Waals surface area contributed by atoms with Crippen molar-refractivity contribution in [3.05, 3.63) is 17.1 Å². The van der Waals surface area contributed by atoms with E-state index in [-0.39, 0.29) is 0 Å². The van der Waals surface area contributed by atoms with Gasteiger partial charge in [-0.2, -0.15) is 0 Å². The molecule has 1 unspecified atom stereocenters. The maximum Gasteiger partial charge on any atom is 0.177 e. The SMILES string of the molecule is Brc1nccn1C1CCCNCC1. The highest BCUT2D eigenvalue weighted by atomic mass is 79.9. The number of nitrogens with one attached hydrogen (secondary N) is 1. The molecule has 1 aliphatic rings. The zero-order valence-electron chi connectivity index (χ0n) is 7.54. The summed E-state index contributed by atoms with van der Waals surface area (Å²) in [5.74, 6) is 0. The summed E-state index contributed by atoms with van der Waals surface area (Å²) in [7, 11) is 0. The van der Waals surface area contributed by atoms with E-state index in [2.05, 4.69) is 37.0 Å². The highest BCUT2D eigenvalue weighted by molar-refractivity contribution is 9.10. The maximum absolute atomic E-state index is 4.18. The Morgan fingerprint density at radius 2 is 2.38 bits per heavy atom. The van der Waals surface area contributed by atoms with E-state index in [0.29, 0.717) is 6.04 Å². The zero-order chi connectivity index (χ0) is 9.10. The van der Waals surface area contributed by atoms with E-state index in [1.54, 1.807) is 0 Å². The average Bonchev–Trinajstić information content (AvgIpc) is 2.43. The highest BCUT2D eigenvalue weighted by Gasteiger charge is 2.14. The fourth-order valence-corrected chi connectivity index (χ4v) is 2.37. The van der Waals surface area contributed by atoms with Gasteiger partial charge in [-0.15, -0.1) is 0 Å². The molecule has 0 spiro atoms. The first-order valence-electron chi connectivity index (χ1n) is 4.77. The second-order valence-corrected chi connectivity index (χ2v) is 4.15. The van der Waals surface area contributed by atoms with Crippen LogP contribution in [0.3, 0.4) is 0 Å². The molecule has 0 amide bonds. The summed E-state index contributed by atoms with van der Waals surface area (Å²) in [5, 5.41) is 3.41. The molecule has 1 aromatic heterocycles. The van der Waals surface area contributed by atoms with Crippen molar-refractivity contribution in [1.29, 1.82) is 0 Å². The average molecular weight is 244 g/mol. The van der Waals surface area contributed by atoms with E-state index in [0.717, 1.165) is 17.8 Å². The molecule has 1 fully saturated rings. The lowest BCUT2D eigenvalue weighted by Crippen LogP contribution is -2.15. The fraction of sp³-hybridized carbons (Fsp3) is 0.667. The molecule has 1 aromatic rings. The molecule has 1 aliphatic heterocycles. The van der Waals surface area contributed by atoms with Crippen LogP contribution in [0.1, 0.15) is 25.3 Å². The third-order valence-electron chi connectivity index (χ3n) is 2.56. The topological polar surface area (TPSA) is 29.9 Å². The number of imidazole rings is 1. The second-order valence-electron chi connectivity index (χ2n) is 3.44. The van der Waals surface area contributed by atoms with Crippen LogP contribution in [0, 0.1) is 0 Å². The van der Waals surface area contributed by atoms with Gasteiger partial charge < -0.3 is 9.88 Å². The van der Waals surface area contributed by atoms with Crippen LogP contribution in [-0.2, 0) is 0 Å². The summed E-state index contributed by atoms with van der Waals surface area (Å²) < 4.78 is 3.19. The van der Waals surface area contributed by atoms with Crippen molar-refractivity contribution in [2.45, 2.75) is 25.3 Å². The normalized spacial score (nSPS) is 24.2. The van der Waals surface area contributed by atoms with Gasteiger partial charge in [0.05, 0.1) is 0 Å². The number of hydrogen-bond acceptors (Lipinski definition) is 2. The highest BCUT2D eigenvalue weighted by Crippen LogP contribution is 2.23. The molecule has 0 radical (unpaired) electrons. The van der Waals surface area contributed by atoms with Gasteiger partial charge in [-0.25, -0.2) is 4.98 Å². The molecule has 13 heavy (non-hydrogen) atoms. The van der Waals surface area contributed by atoms with Gasteiger partial charge in [0.25, 0.3) is 0 Å². The van der Waals surface area contributed by atoms with Crippen LogP contribution in [0.2, 0.25) is 0 Å². The summed E-state index contributed by atoms with van der Waals surface area (Å²) in [6.07, 6.45) is 7.62. The molecule has 1 N–H and O–H groups in total. The molecule has 0 aliphatic carbocycles. The number of halogens is 1. The Hall–Kier alpha value is -0.350. The van der Waals surface area contributed by atoms with Crippen molar-refractivity contribution < 1.29 is 0 Å². The third-order valence-corrected chi connectivity index (χ3v) is 3.17. The van der Waals surface area contributed by atoms with Crippen molar-refractivity contribution in [2.24, 2.45) is 0 Å². The quantitative estimate of drug-likeness (QED) is 0.818. The predicted molar refractivity (Wildman–Crippen MR) is 55.7 cm³/mol. The van der Waals surface area contributed by atoms with Crippen LogP contribution >= 0.6 is 15.9 Å². The van der Waals surface area contributed by atoms with E-state index >= 15 is 0 Å². The van der Waals surface area contributed by atoms with Gasteiger partial charge in [0.15, 0.2) is 4.73 Å². The van der Waals surface area contributed by atoms with E-state index in [9.17, 15) is 0 Å². The molecular formula is C9H14BrN3. The molecule has 0 aromatic carbocycles. The number of aromatic nitrogens is 2. The Morgan fingerprint density at radius 3 is 3.15 bits per heavy atom. The molecule has 0 saturated carbocycles. The minimum atomic E-state index is 0.617. The summed E-state index contributed by atoms with van der Waals surface area (Å²) in [5.41, 5.74) is 0. The van der Waals surface area contributed by atoms with Crippen LogP contribution in [0.25, 0.3) is 0 Å². The minimum absolute atomic E-state index is 0.617. The van der Waals surface area contributed by atoms with Gasteiger partial charge in [0.1, 0.15) is 0 Å². The Kier molecular flexibility index (Phi) is 3.01. The van der Waals surface area contributed by atoms with Gasteiger partial charge in [-0.05, 0) is 48.3 Å². The van der Waals surface area contributed by atoms with Crippen LogP contribution in [0.4, 0.5) is 0 Å². The van der Waals surface area contributed by atoms with Gasteiger partial charge in [0.2, 0.25) is 0 Å². The van der Waals surface area contributed by atoms with Gasteiger partial charge >= 0.3 is 0 Å². The lowest BCUT2D eigenvalue weighted by Gasteiger charge is -2.16. The van der Waals surface area contributed by atoms with Crippen molar-refractivity contribution in [1.82, 2.24) is 14.9 Å². The molecule has 2 heterocycles. The van der Waals surface area contributed by atoms with E-state index in [1.165, 1.54) is 19.3 Å². The Balaban J connectivity index is 2.10. The number of nitrogens with zero attached hydrogens (tertiary/aromatic N) is 2. The van der Waals surface area contributed by atoms with Crippen molar-refractivity contribution >= 4 is 15.9 Å². The fourth-order valence-electron chi connectivity index (χ4n) is 1.85. The monoisotopic (exact) mass is 243 g/mol. The maximum atomic E-state index is 4.18. The van der Waals surface area contributed by atoms with E-state index in [4.69, 9.17) is 0 Å². The van der Waals surface area contributed by atoms with Crippen molar-refractivity contribution in [3.8, 4) is 0 Å². The Labute approximate surface area is 86.7 Å². The molecular weight excluding hydrogens is 230 g/mol. The first-order valence-corrected chi connectivity index (χ1v) is 5.56. The van der Waals surface area contributed by atoms with Crippen LogP contribution in [0.5, 0.6) is 0 Å².